The number of hydrogen-bond acceptors (Lipinski definition) is 4. The van der Waals surface area contributed by atoms with Gasteiger partial charge in [0.1, 0.15) is 6.54 Å². The van der Waals surface area contributed by atoms with Crippen LogP contribution in [0, 0.1) is 12.8 Å². The number of carbonyl (C=O) groups excluding carboxylic acids is 2. The number of anilines is 1. The second-order valence-corrected chi connectivity index (χ2v) is 6.15. The van der Waals surface area contributed by atoms with Crippen LogP contribution in [0.5, 0.6) is 0 Å². The molecule has 2 aromatic rings. The molecule has 0 spiro atoms. The van der Waals surface area contributed by atoms with Gasteiger partial charge in [0, 0.05) is 12.5 Å². The zero-order valence-corrected chi connectivity index (χ0v) is 13.7. The van der Waals surface area contributed by atoms with E-state index in [4.69, 9.17) is 0 Å². The minimum Gasteiger partial charge on any atom is -0.354 e. The molecule has 1 aromatic heterocycles. The first-order valence-corrected chi connectivity index (χ1v) is 8.13. The highest BCUT2D eigenvalue weighted by Crippen LogP contribution is 2.29. The third-order valence-corrected chi connectivity index (χ3v) is 3.90. The Hall–Kier alpha value is -2.70. The Morgan fingerprint density at radius 2 is 2.00 bits per heavy atom. The van der Waals surface area contributed by atoms with Gasteiger partial charge in [0.05, 0.1) is 6.20 Å². The summed E-state index contributed by atoms with van der Waals surface area (Å²) in [6, 6.07) is 8.25. The predicted molar refractivity (Wildman–Crippen MR) is 89.3 cm³/mol. The summed E-state index contributed by atoms with van der Waals surface area (Å²) in [5.41, 5.74) is 2.41. The molecular formula is C17H21N5O2. The number of nitrogens with zero attached hydrogens (tertiary/aromatic N) is 3. The molecule has 0 aliphatic heterocycles. The van der Waals surface area contributed by atoms with Crippen molar-refractivity contribution in [2.24, 2.45) is 5.92 Å². The molecule has 0 unspecified atom stereocenters. The van der Waals surface area contributed by atoms with Crippen LogP contribution in [0.15, 0.2) is 30.5 Å². The molecule has 1 saturated carbocycles. The molecule has 1 heterocycles. The lowest BCUT2D eigenvalue weighted by Crippen LogP contribution is -2.29. The lowest BCUT2D eigenvalue weighted by Gasteiger charge is -2.05. The summed E-state index contributed by atoms with van der Waals surface area (Å²) in [6.07, 6.45) is 4.22. The fraction of sp³-hybridized carbons (Fsp3) is 0.412. The number of benzene rings is 1. The number of hydrogen-bond donors (Lipinski definition) is 2. The molecule has 1 aliphatic carbocycles. The van der Waals surface area contributed by atoms with Crippen LogP contribution in [0.2, 0.25) is 0 Å². The molecule has 2 N–H and O–H groups in total. The van der Waals surface area contributed by atoms with E-state index < -0.39 is 0 Å². The molecule has 24 heavy (non-hydrogen) atoms. The molecule has 2 amide bonds. The average Bonchev–Trinajstić information content (AvgIpc) is 3.32. The minimum atomic E-state index is -0.132. The molecule has 7 nitrogen and oxygen atoms in total. The molecule has 1 aliphatic rings. The van der Waals surface area contributed by atoms with E-state index in [1.54, 1.807) is 6.20 Å². The molecule has 0 bridgehead atoms. The van der Waals surface area contributed by atoms with Gasteiger partial charge in [-0.15, -0.1) is 5.10 Å². The smallest absolute Gasteiger partial charge is 0.241 e. The highest BCUT2D eigenvalue weighted by molar-refractivity contribution is 5.93. The monoisotopic (exact) mass is 327 g/mol. The van der Waals surface area contributed by atoms with Crippen molar-refractivity contribution in [1.29, 1.82) is 0 Å². The molecular weight excluding hydrogens is 306 g/mol. The number of carbonyl (C=O) groups is 2. The van der Waals surface area contributed by atoms with Crippen molar-refractivity contribution in [3.05, 3.63) is 41.6 Å². The third-order valence-electron chi connectivity index (χ3n) is 3.90. The lowest BCUT2D eigenvalue weighted by atomic mass is 10.1. The maximum atomic E-state index is 11.9. The van der Waals surface area contributed by atoms with E-state index in [2.05, 4.69) is 45.2 Å². The maximum Gasteiger partial charge on any atom is 0.241 e. The normalized spacial score (nSPS) is 13.5. The molecule has 3 rings (SSSR count). The van der Waals surface area contributed by atoms with Gasteiger partial charge in [-0.25, -0.2) is 4.68 Å². The average molecular weight is 327 g/mol. The second-order valence-electron chi connectivity index (χ2n) is 6.15. The third kappa shape index (κ3) is 4.65. The van der Waals surface area contributed by atoms with E-state index in [0.29, 0.717) is 12.4 Å². The summed E-state index contributed by atoms with van der Waals surface area (Å²) in [7, 11) is 0. The second kappa shape index (κ2) is 7.25. The molecule has 126 valence electrons. The number of amides is 2. The first-order valence-electron chi connectivity index (χ1n) is 8.13. The van der Waals surface area contributed by atoms with Gasteiger partial charge >= 0.3 is 0 Å². The zero-order chi connectivity index (χ0) is 16.9. The topological polar surface area (TPSA) is 88.9 Å². The van der Waals surface area contributed by atoms with Gasteiger partial charge < -0.3 is 10.6 Å². The van der Waals surface area contributed by atoms with Crippen molar-refractivity contribution >= 4 is 17.6 Å². The molecule has 0 saturated heterocycles. The van der Waals surface area contributed by atoms with Gasteiger partial charge in [-0.05, 0) is 31.7 Å². The van der Waals surface area contributed by atoms with Gasteiger partial charge in [0.15, 0.2) is 5.82 Å². The van der Waals surface area contributed by atoms with Crippen molar-refractivity contribution in [1.82, 2.24) is 20.3 Å². The molecule has 0 atom stereocenters. The Morgan fingerprint density at radius 1 is 1.25 bits per heavy atom. The van der Waals surface area contributed by atoms with Crippen LogP contribution in [-0.2, 0) is 22.6 Å². The summed E-state index contributed by atoms with van der Waals surface area (Å²) >= 11 is 0. The molecule has 0 radical (unpaired) electrons. The Bertz CT molecular complexity index is 719. The van der Waals surface area contributed by atoms with E-state index in [-0.39, 0.29) is 24.3 Å². The Balaban J connectivity index is 1.40. The summed E-state index contributed by atoms with van der Waals surface area (Å²) in [6.45, 7) is 2.70. The first-order chi connectivity index (χ1) is 11.6. The van der Waals surface area contributed by atoms with Crippen molar-refractivity contribution in [3.63, 3.8) is 0 Å². The zero-order valence-electron chi connectivity index (χ0n) is 13.7. The Morgan fingerprint density at radius 3 is 2.71 bits per heavy atom. The minimum absolute atomic E-state index is 0.0235. The van der Waals surface area contributed by atoms with Crippen LogP contribution in [-0.4, -0.2) is 33.4 Å². The molecule has 1 aromatic carbocycles. The molecule has 1 fully saturated rings. The highest BCUT2D eigenvalue weighted by Gasteiger charge is 2.30. The van der Waals surface area contributed by atoms with Crippen LogP contribution < -0.4 is 10.6 Å². The van der Waals surface area contributed by atoms with Gasteiger partial charge in [-0.2, -0.15) is 0 Å². The first kappa shape index (κ1) is 16.2. The standard InChI is InChI=1S/C17H21N5O2/c1-12-2-4-13(5-3-12)8-9-18-16(23)11-22-10-15(20-21-22)19-17(24)14-6-7-14/h2-5,10,14H,6-9,11H2,1H3,(H,18,23)(H,19,24). The van der Waals surface area contributed by atoms with Gasteiger partial charge in [-0.1, -0.05) is 35.0 Å². The summed E-state index contributed by atoms with van der Waals surface area (Å²) in [5, 5.41) is 13.3. The summed E-state index contributed by atoms with van der Waals surface area (Å²) in [5.74, 6) is 0.344. The number of nitrogens with one attached hydrogen (secondary N) is 2. The maximum absolute atomic E-state index is 11.9. The fourth-order valence-corrected chi connectivity index (χ4v) is 2.31. The highest BCUT2D eigenvalue weighted by atomic mass is 16.2. The lowest BCUT2D eigenvalue weighted by molar-refractivity contribution is -0.121. The van der Waals surface area contributed by atoms with Crippen molar-refractivity contribution < 1.29 is 9.59 Å². The number of rotatable bonds is 7. The van der Waals surface area contributed by atoms with Crippen molar-refractivity contribution in [3.8, 4) is 0 Å². The number of aryl methyl sites for hydroxylation is 1. The van der Waals surface area contributed by atoms with Crippen LogP contribution in [0.25, 0.3) is 0 Å². The van der Waals surface area contributed by atoms with Gasteiger partial charge in [0.2, 0.25) is 11.8 Å². The van der Waals surface area contributed by atoms with E-state index in [0.717, 1.165) is 19.3 Å². The summed E-state index contributed by atoms with van der Waals surface area (Å²) in [4.78, 5) is 23.6. The number of aromatic nitrogens is 3. The van der Waals surface area contributed by atoms with Crippen LogP contribution in [0.3, 0.4) is 0 Å². The quantitative estimate of drug-likeness (QED) is 0.802. The van der Waals surface area contributed by atoms with Crippen molar-refractivity contribution in [2.45, 2.75) is 32.7 Å². The predicted octanol–water partition coefficient (Wildman–Crippen LogP) is 1.29. The molecule has 7 heteroatoms. The fourth-order valence-electron chi connectivity index (χ4n) is 2.31. The summed E-state index contributed by atoms with van der Waals surface area (Å²) < 4.78 is 1.42. The SMILES string of the molecule is Cc1ccc(CCNC(=O)Cn2cc(NC(=O)C3CC3)nn2)cc1. The Kier molecular flexibility index (Phi) is 4.88. The van der Waals surface area contributed by atoms with E-state index in [1.165, 1.54) is 15.8 Å². The van der Waals surface area contributed by atoms with Gasteiger partial charge in [0.25, 0.3) is 0 Å². The van der Waals surface area contributed by atoms with Gasteiger partial charge in [-0.3, -0.25) is 9.59 Å². The largest absolute Gasteiger partial charge is 0.354 e. The van der Waals surface area contributed by atoms with E-state index in [9.17, 15) is 9.59 Å². The van der Waals surface area contributed by atoms with Crippen LogP contribution in [0.1, 0.15) is 24.0 Å². The van der Waals surface area contributed by atoms with Crippen LogP contribution >= 0.6 is 0 Å². The van der Waals surface area contributed by atoms with E-state index in [1.807, 2.05) is 6.92 Å². The van der Waals surface area contributed by atoms with E-state index >= 15 is 0 Å². The van der Waals surface area contributed by atoms with Crippen molar-refractivity contribution in [2.75, 3.05) is 11.9 Å². The Labute approximate surface area is 140 Å². The van der Waals surface area contributed by atoms with Crippen LogP contribution in [0.4, 0.5) is 5.82 Å².